The largest absolute Gasteiger partial charge is 0.298 e. The van der Waals surface area contributed by atoms with E-state index in [2.05, 4.69) is 0 Å². The lowest BCUT2D eigenvalue weighted by molar-refractivity contribution is -0.119. The highest BCUT2D eigenvalue weighted by Gasteiger charge is 2.03. The number of rotatable bonds is 3. The van der Waals surface area contributed by atoms with Crippen LogP contribution in [0.5, 0.6) is 0 Å². The van der Waals surface area contributed by atoms with Crippen LogP contribution in [0, 0.1) is 5.92 Å². The monoisotopic (exact) mass is 137 g/mol. The summed E-state index contributed by atoms with van der Waals surface area (Å²) in [5.74, 6) is -1.18. The van der Waals surface area contributed by atoms with Crippen molar-refractivity contribution >= 4 is 17.5 Å². The molecule has 0 spiro atoms. The number of thioether (sulfide) groups is 1. The van der Waals surface area contributed by atoms with Gasteiger partial charge in [-0.3, -0.25) is 4.79 Å². The van der Waals surface area contributed by atoms with Gasteiger partial charge in [0.25, 0.3) is 0 Å². The predicted molar refractivity (Wildman–Crippen MR) is 38.2 cm³/mol. The highest BCUT2D eigenvalue weighted by molar-refractivity contribution is 7.99. The Balaban J connectivity index is 4.49. The van der Waals surface area contributed by atoms with E-state index < -0.39 is 23.6 Å². The molecule has 1 nitrogen and oxygen atoms in total. The van der Waals surface area contributed by atoms with Gasteiger partial charge in [-0.1, -0.05) is 13.8 Å². The fourth-order valence-corrected chi connectivity index (χ4v) is 0.504. The molecule has 0 heterocycles. The predicted octanol–water partition coefficient (Wildman–Crippen LogP) is 1.57. The van der Waals surface area contributed by atoms with E-state index in [4.69, 9.17) is 6.85 Å². The quantitative estimate of drug-likeness (QED) is 0.587. The van der Waals surface area contributed by atoms with Crippen LogP contribution in [-0.2, 0) is 4.79 Å². The van der Waals surface area contributed by atoms with Gasteiger partial charge in [0.1, 0.15) is 5.78 Å². The second-order valence-corrected chi connectivity index (χ2v) is 2.13. The molecule has 0 aromatic carbocycles. The van der Waals surface area contributed by atoms with Gasteiger partial charge in [-0.15, -0.1) is 0 Å². The summed E-state index contributed by atoms with van der Waals surface area (Å²) in [5.41, 5.74) is -2.32. The summed E-state index contributed by atoms with van der Waals surface area (Å²) in [6.45, 7) is 3.08. The Morgan fingerprint density at radius 3 is 3.00 bits per heavy atom. The van der Waals surface area contributed by atoms with Gasteiger partial charge in [-0.25, -0.2) is 0 Å². The zero-order valence-corrected chi connectivity index (χ0v) is 5.71. The molecule has 48 valence electrons. The first-order valence-electron chi connectivity index (χ1n) is 4.81. The third-order valence-corrected chi connectivity index (χ3v) is 0.979. The molecule has 0 atom stereocenters. The van der Waals surface area contributed by atoms with E-state index in [-0.39, 0.29) is 11.8 Å². The number of carbonyl (C=O) groups is 1. The Kier molecular flexibility index (Phi) is 1.35. The molecule has 8 heavy (non-hydrogen) atoms. The maximum atomic E-state index is 11.2. The van der Waals surface area contributed by atoms with Crippen molar-refractivity contribution in [2.24, 2.45) is 5.92 Å². The summed E-state index contributed by atoms with van der Waals surface area (Å²) in [4.78, 5) is 11.2. The minimum atomic E-state index is -2.48. The molecule has 0 saturated carbocycles. The van der Waals surface area contributed by atoms with E-state index in [1.54, 1.807) is 13.8 Å². The number of hydrogen-bond acceptors (Lipinski definition) is 2. The second-order valence-electron chi connectivity index (χ2n) is 1.72. The first-order chi connectivity index (χ1) is 5.56. The molecule has 0 amide bonds. The molecule has 0 aliphatic rings. The molecule has 0 rings (SSSR count). The molecular formula is C6H12OS. The van der Waals surface area contributed by atoms with Crippen LogP contribution in [-0.4, -0.2) is 17.7 Å². The van der Waals surface area contributed by atoms with Crippen LogP contribution in [0.1, 0.15) is 20.7 Å². The van der Waals surface area contributed by atoms with E-state index >= 15 is 0 Å². The van der Waals surface area contributed by atoms with Crippen LogP contribution in [0.3, 0.4) is 0 Å². The molecule has 0 aliphatic heterocycles. The number of Topliss-reactive ketones (excluding diaryl/α,β-unsaturated/α-hetero) is 1. The first-order valence-corrected chi connectivity index (χ1v) is 3.12. The third kappa shape index (κ3) is 3.08. The Morgan fingerprint density at radius 2 is 2.62 bits per heavy atom. The van der Waals surface area contributed by atoms with Crippen molar-refractivity contribution < 1.29 is 11.6 Å². The molecular weight excluding hydrogens is 120 g/mol. The van der Waals surface area contributed by atoms with E-state index in [1.807, 2.05) is 0 Å². The Labute approximate surface area is 61.9 Å². The molecule has 0 bridgehead atoms. The highest BCUT2D eigenvalue weighted by atomic mass is 32.2. The van der Waals surface area contributed by atoms with Crippen LogP contribution in [0.2, 0.25) is 0 Å². The smallest absolute Gasteiger partial charge is 0.145 e. The van der Waals surface area contributed by atoms with Crippen LogP contribution in [0.25, 0.3) is 0 Å². The number of ketones is 1. The molecule has 0 N–H and O–H groups in total. The molecule has 2 heteroatoms. The van der Waals surface area contributed by atoms with Crippen LogP contribution < -0.4 is 0 Å². The number of hydrogen-bond donors (Lipinski definition) is 0. The van der Waals surface area contributed by atoms with Crippen molar-refractivity contribution in [1.82, 2.24) is 0 Å². The minimum absolute atomic E-state index is 0.0793. The summed E-state index contributed by atoms with van der Waals surface area (Å²) in [6.07, 6.45) is -2.48. The first kappa shape index (κ1) is 2.74. The molecule has 0 saturated heterocycles. The Morgan fingerprint density at radius 1 is 2.00 bits per heavy atom. The van der Waals surface area contributed by atoms with Crippen molar-refractivity contribution in [2.75, 3.05) is 11.9 Å². The SMILES string of the molecule is [2H]C([2H])([2H])SC([2H])([2H])C(=O)C(C)C. The van der Waals surface area contributed by atoms with E-state index in [1.165, 1.54) is 0 Å². The average molecular weight is 137 g/mol. The average Bonchev–Trinajstić information content (AvgIpc) is 1.80. The van der Waals surface area contributed by atoms with Gasteiger partial charge in [-0.2, -0.15) is 11.8 Å². The van der Waals surface area contributed by atoms with Gasteiger partial charge in [0, 0.05) is 12.8 Å². The second kappa shape index (κ2) is 3.96. The fourth-order valence-electron chi connectivity index (χ4n) is 0.168. The summed E-state index contributed by atoms with van der Waals surface area (Å²) in [7, 11) is 0. The van der Waals surface area contributed by atoms with Crippen LogP contribution >= 0.6 is 11.8 Å². The topological polar surface area (TPSA) is 17.1 Å². The minimum Gasteiger partial charge on any atom is -0.298 e. The normalized spacial score (nSPS) is 22.6. The van der Waals surface area contributed by atoms with Crippen LogP contribution in [0.4, 0.5) is 0 Å². The van der Waals surface area contributed by atoms with Crippen molar-refractivity contribution in [2.45, 2.75) is 13.8 Å². The van der Waals surface area contributed by atoms with E-state index in [0.717, 1.165) is 0 Å². The molecule has 0 aromatic heterocycles. The fraction of sp³-hybridized carbons (Fsp3) is 0.833. The summed E-state index contributed by atoms with van der Waals surface area (Å²) in [5, 5.41) is 0. The van der Waals surface area contributed by atoms with E-state index in [9.17, 15) is 4.79 Å². The van der Waals surface area contributed by atoms with Crippen molar-refractivity contribution in [3.05, 3.63) is 0 Å². The van der Waals surface area contributed by atoms with Gasteiger partial charge in [-0.05, 0) is 6.18 Å². The standard InChI is InChI=1S/C6H12OS/c1-5(2)6(7)4-8-3/h5H,4H2,1-3H3/i3D3,4D2. The van der Waals surface area contributed by atoms with Gasteiger partial charge in [0.15, 0.2) is 0 Å². The van der Waals surface area contributed by atoms with Gasteiger partial charge >= 0.3 is 0 Å². The van der Waals surface area contributed by atoms with Crippen LogP contribution in [0.15, 0.2) is 0 Å². The Hall–Kier alpha value is 0.0200. The summed E-state index contributed by atoms with van der Waals surface area (Å²) < 4.78 is 35.0. The van der Waals surface area contributed by atoms with Gasteiger partial charge in [0.2, 0.25) is 0 Å². The number of carbonyl (C=O) groups excluding carboxylic acids is 1. The highest BCUT2D eigenvalue weighted by Crippen LogP contribution is 2.00. The van der Waals surface area contributed by atoms with Gasteiger partial charge < -0.3 is 0 Å². The molecule has 0 fully saturated rings. The zero-order chi connectivity index (χ0) is 10.9. The van der Waals surface area contributed by atoms with Crippen molar-refractivity contribution in [1.29, 1.82) is 0 Å². The molecule has 0 aliphatic carbocycles. The molecule has 0 aromatic rings. The van der Waals surface area contributed by atoms with E-state index in [0.29, 0.717) is 0 Å². The maximum absolute atomic E-state index is 11.2. The summed E-state index contributed by atoms with van der Waals surface area (Å²) >= 11 is 0.0793. The summed E-state index contributed by atoms with van der Waals surface area (Å²) in [6, 6.07) is 0. The zero-order valence-electron chi connectivity index (χ0n) is 9.89. The Bertz CT molecular complexity index is 198. The van der Waals surface area contributed by atoms with Crippen molar-refractivity contribution in [3.63, 3.8) is 0 Å². The maximum Gasteiger partial charge on any atom is 0.145 e. The lowest BCUT2D eigenvalue weighted by atomic mass is 10.1. The lowest BCUT2D eigenvalue weighted by Gasteiger charge is -1.98. The third-order valence-electron chi connectivity index (χ3n) is 0.676. The lowest BCUT2D eigenvalue weighted by Crippen LogP contribution is -2.08. The molecule has 0 radical (unpaired) electrons. The van der Waals surface area contributed by atoms with Gasteiger partial charge in [0.05, 0.1) is 5.70 Å². The molecule has 0 unspecified atom stereocenters. The van der Waals surface area contributed by atoms with Crippen molar-refractivity contribution in [3.8, 4) is 0 Å².